The lowest BCUT2D eigenvalue weighted by molar-refractivity contribution is 0.432. The number of nitrogens with zero attached hydrogens (tertiary/aromatic N) is 1. The number of fused-ring (bicyclic) bond motifs is 1. The molecule has 0 aliphatic carbocycles. The van der Waals surface area contributed by atoms with Gasteiger partial charge in [0.2, 0.25) is 10.0 Å². The number of rotatable bonds is 2. The topological polar surface area (TPSA) is 79.2 Å². The highest BCUT2D eigenvalue weighted by molar-refractivity contribution is 7.89. The summed E-state index contributed by atoms with van der Waals surface area (Å²) in [5.41, 5.74) is 8.31. The number of aromatic nitrogens is 1. The van der Waals surface area contributed by atoms with E-state index in [1.165, 1.54) is 9.88 Å². The Morgan fingerprint density at radius 2 is 2.15 bits per heavy atom. The van der Waals surface area contributed by atoms with E-state index in [-0.39, 0.29) is 0 Å². The highest BCUT2D eigenvalue weighted by Crippen LogP contribution is 2.28. The van der Waals surface area contributed by atoms with E-state index in [4.69, 9.17) is 5.73 Å². The summed E-state index contributed by atoms with van der Waals surface area (Å²) < 4.78 is 26.9. The van der Waals surface area contributed by atoms with Crippen LogP contribution in [0.1, 0.15) is 13.3 Å². The van der Waals surface area contributed by atoms with Crippen LogP contribution >= 0.6 is 0 Å². The number of hydrogen-bond donors (Lipinski definition) is 2. The lowest BCUT2D eigenvalue weighted by atomic mass is 10.1. The van der Waals surface area contributed by atoms with Crippen molar-refractivity contribution in [1.82, 2.24) is 9.29 Å². The standard InChI is InChI=1S/C14H17N3O2S/c1-10-4-6-17(7-5-10)20(18,19)14-9-16-13-8-11(15)2-3-12(13)14/h2-4,8-9,16H,5-7,15H2,1H3. The minimum atomic E-state index is -3.46. The average Bonchev–Trinajstić information content (AvgIpc) is 2.82. The van der Waals surface area contributed by atoms with Crippen molar-refractivity contribution < 1.29 is 8.42 Å². The van der Waals surface area contributed by atoms with E-state index in [0.29, 0.717) is 29.1 Å². The molecule has 106 valence electrons. The number of sulfonamides is 1. The minimum Gasteiger partial charge on any atom is -0.399 e. The lowest BCUT2D eigenvalue weighted by Gasteiger charge is -2.24. The van der Waals surface area contributed by atoms with Crippen molar-refractivity contribution in [3.63, 3.8) is 0 Å². The van der Waals surface area contributed by atoms with E-state index in [2.05, 4.69) is 4.98 Å². The molecule has 1 aliphatic rings. The zero-order chi connectivity index (χ0) is 14.3. The van der Waals surface area contributed by atoms with Gasteiger partial charge in [-0.25, -0.2) is 8.42 Å². The molecule has 0 atom stereocenters. The monoisotopic (exact) mass is 291 g/mol. The van der Waals surface area contributed by atoms with Gasteiger partial charge in [-0.15, -0.1) is 0 Å². The van der Waals surface area contributed by atoms with Gasteiger partial charge in [-0.3, -0.25) is 0 Å². The number of aromatic amines is 1. The van der Waals surface area contributed by atoms with Gasteiger partial charge in [0.05, 0.1) is 0 Å². The Labute approximate surface area is 118 Å². The molecule has 20 heavy (non-hydrogen) atoms. The van der Waals surface area contributed by atoms with E-state index in [1.807, 2.05) is 13.0 Å². The molecule has 0 radical (unpaired) electrons. The predicted octanol–water partition coefficient (Wildman–Crippen LogP) is 2.09. The van der Waals surface area contributed by atoms with E-state index in [9.17, 15) is 8.42 Å². The molecule has 2 heterocycles. The third kappa shape index (κ3) is 2.10. The van der Waals surface area contributed by atoms with Gasteiger partial charge >= 0.3 is 0 Å². The second-order valence-electron chi connectivity index (χ2n) is 5.12. The molecule has 3 N–H and O–H groups in total. The van der Waals surface area contributed by atoms with Crippen molar-refractivity contribution in [1.29, 1.82) is 0 Å². The van der Waals surface area contributed by atoms with Crippen molar-refractivity contribution >= 4 is 26.6 Å². The van der Waals surface area contributed by atoms with E-state index >= 15 is 0 Å². The van der Waals surface area contributed by atoms with Crippen LogP contribution in [0.3, 0.4) is 0 Å². The average molecular weight is 291 g/mol. The summed E-state index contributed by atoms with van der Waals surface area (Å²) in [5.74, 6) is 0. The van der Waals surface area contributed by atoms with Crippen molar-refractivity contribution in [2.24, 2.45) is 0 Å². The first-order chi connectivity index (χ1) is 9.48. The number of nitrogens with one attached hydrogen (secondary N) is 1. The fraction of sp³-hybridized carbons (Fsp3) is 0.286. The number of anilines is 1. The molecular weight excluding hydrogens is 274 g/mol. The quantitative estimate of drug-likeness (QED) is 0.657. The number of nitrogen functional groups attached to an aromatic ring is 1. The first-order valence-corrected chi connectivity index (χ1v) is 7.95. The van der Waals surface area contributed by atoms with Crippen molar-refractivity contribution in [3.8, 4) is 0 Å². The normalized spacial score (nSPS) is 17.4. The van der Waals surface area contributed by atoms with Crippen molar-refractivity contribution in [3.05, 3.63) is 36.0 Å². The summed E-state index contributed by atoms with van der Waals surface area (Å²) in [6.45, 7) is 3.00. The predicted molar refractivity (Wildman–Crippen MR) is 79.8 cm³/mol. The maximum Gasteiger partial charge on any atom is 0.245 e. The van der Waals surface area contributed by atoms with Gasteiger partial charge in [0, 0.05) is 35.9 Å². The van der Waals surface area contributed by atoms with Crippen LogP contribution < -0.4 is 5.73 Å². The van der Waals surface area contributed by atoms with Gasteiger partial charge in [-0.05, 0) is 31.5 Å². The SMILES string of the molecule is CC1=CCN(S(=O)(=O)c2c[nH]c3cc(N)ccc23)CC1. The maximum atomic E-state index is 12.7. The van der Waals surface area contributed by atoms with Crippen LogP contribution in [0.15, 0.2) is 40.9 Å². The van der Waals surface area contributed by atoms with Crippen LogP contribution in [0.4, 0.5) is 5.69 Å². The molecule has 0 amide bonds. The Balaban J connectivity index is 2.06. The zero-order valence-electron chi connectivity index (χ0n) is 11.3. The number of H-pyrrole nitrogens is 1. The summed E-state index contributed by atoms with van der Waals surface area (Å²) >= 11 is 0. The Kier molecular flexibility index (Phi) is 3.07. The van der Waals surface area contributed by atoms with Gasteiger partial charge in [0.1, 0.15) is 4.90 Å². The molecule has 5 nitrogen and oxygen atoms in total. The van der Waals surface area contributed by atoms with Crippen molar-refractivity contribution in [2.45, 2.75) is 18.2 Å². The van der Waals surface area contributed by atoms with Gasteiger partial charge in [-0.1, -0.05) is 11.6 Å². The van der Waals surface area contributed by atoms with E-state index in [0.717, 1.165) is 11.9 Å². The van der Waals surface area contributed by atoms with Crippen LogP contribution in [0, 0.1) is 0 Å². The number of benzene rings is 1. The van der Waals surface area contributed by atoms with Crippen LogP contribution in [0.2, 0.25) is 0 Å². The maximum absolute atomic E-state index is 12.7. The molecule has 0 bridgehead atoms. The molecule has 0 spiro atoms. The number of nitrogens with two attached hydrogens (primary N) is 1. The van der Waals surface area contributed by atoms with E-state index < -0.39 is 10.0 Å². The Morgan fingerprint density at radius 1 is 1.35 bits per heavy atom. The van der Waals surface area contributed by atoms with Crippen LogP contribution in [0.25, 0.3) is 10.9 Å². The summed E-state index contributed by atoms with van der Waals surface area (Å²) in [7, 11) is -3.46. The molecule has 0 unspecified atom stereocenters. The highest BCUT2D eigenvalue weighted by atomic mass is 32.2. The summed E-state index contributed by atoms with van der Waals surface area (Å²) in [6.07, 6.45) is 4.30. The number of hydrogen-bond acceptors (Lipinski definition) is 3. The second-order valence-corrected chi connectivity index (χ2v) is 7.03. The third-order valence-electron chi connectivity index (χ3n) is 3.68. The first-order valence-electron chi connectivity index (χ1n) is 6.51. The summed E-state index contributed by atoms with van der Waals surface area (Å²) in [4.78, 5) is 3.30. The smallest absolute Gasteiger partial charge is 0.245 e. The largest absolute Gasteiger partial charge is 0.399 e. The molecular formula is C14H17N3O2S. The van der Waals surface area contributed by atoms with Crippen molar-refractivity contribution in [2.75, 3.05) is 18.8 Å². The Morgan fingerprint density at radius 3 is 2.85 bits per heavy atom. The molecule has 0 saturated carbocycles. The molecule has 1 aromatic heterocycles. The fourth-order valence-corrected chi connectivity index (χ4v) is 3.98. The van der Waals surface area contributed by atoms with Crippen LogP contribution in [-0.2, 0) is 10.0 Å². The first kappa shape index (κ1) is 13.2. The van der Waals surface area contributed by atoms with Crippen LogP contribution in [-0.4, -0.2) is 30.8 Å². The lowest BCUT2D eigenvalue weighted by Crippen LogP contribution is -2.34. The molecule has 0 fully saturated rings. The molecule has 3 rings (SSSR count). The molecule has 1 aliphatic heterocycles. The molecule has 1 aromatic carbocycles. The third-order valence-corrected chi connectivity index (χ3v) is 5.59. The van der Waals surface area contributed by atoms with Crippen LogP contribution in [0.5, 0.6) is 0 Å². The zero-order valence-corrected chi connectivity index (χ0v) is 12.1. The van der Waals surface area contributed by atoms with Gasteiger partial charge in [0.15, 0.2) is 0 Å². The summed E-state index contributed by atoms with van der Waals surface area (Å²) in [5, 5.41) is 0.686. The summed E-state index contributed by atoms with van der Waals surface area (Å²) in [6, 6.07) is 5.21. The molecule has 2 aromatic rings. The highest BCUT2D eigenvalue weighted by Gasteiger charge is 2.27. The van der Waals surface area contributed by atoms with Gasteiger partial charge < -0.3 is 10.7 Å². The van der Waals surface area contributed by atoms with E-state index in [1.54, 1.807) is 24.4 Å². The minimum absolute atomic E-state index is 0.320. The Bertz CT molecular complexity index is 790. The fourth-order valence-electron chi connectivity index (χ4n) is 2.44. The van der Waals surface area contributed by atoms with Gasteiger partial charge in [-0.2, -0.15) is 4.31 Å². The second kappa shape index (κ2) is 4.64. The molecule has 0 saturated heterocycles. The van der Waals surface area contributed by atoms with Gasteiger partial charge in [0.25, 0.3) is 0 Å². The molecule has 6 heteroatoms. The Hall–Kier alpha value is -1.79.